The summed E-state index contributed by atoms with van der Waals surface area (Å²) in [7, 11) is -3.50. The minimum atomic E-state index is -3.50. The predicted molar refractivity (Wildman–Crippen MR) is 82.3 cm³/mol. The molecule has 1 aliphatic carbocycles. The molecular formula is C16H21NO3S. The zero-order chi connectivity index (χ0) is 15.5. The molecular weight excluding hydrogens is 286 g/mol. The first kappa shape index (κ1) is 16.0. The van der Waals surface area contributed by atoms with Crippen LogP contribution in [0.2, 0.25) is 0 Å². The molecule has 0 atom stereocenters. The number of aliphatic hydroxyl groups is 1. The van der Waals surface area contributed by atoms with Crippen LogP contribution in [0.1, 0.15) is 37.3 Å². The van der Waals surface area contributed by atoms with Gasteiger partial charge in [0.15, 0.2) is 0 Å². The van der Waals surface area contributed by atoms with E-state index in [1.165, 1.54) is 0 Å². The molecule has 1 saturated carbocycles. The standard InChI is InChI=1S/C16H21NO3S/c1-13-6-7-14(5-3-4-10-18)11-15(13)21(19,20)17-12-16(2)8-9-16/h6-7,11,17-18H,4,8-10,12H2,1-2H3. The first-order valence-corrected chi connectivity index (χ1v) is 8.55. The summed E-state index contributed by atoms with van der Waals surface area (Å²) in [5.74, 6) is 5.67. The summed E-state index contributed by atoms with van der Waals surface area (Å²) in [5.41, 5.74) is 1.47. The number of nitrogens with one attached hydrogen (secondary N) is 1. The van der Waals surface area contributed by atoms with Crippen molar-refractivity contribution in [3.05, 3.63) is 29.3 Å². The Hall–Kier alpha value is -1.35. The van der Waals surface area contributed by atoms with Crippen molar-refractivity contribution in [2.24, 2.45) is 5.41 Å². The molecule has 114 valence electrons. The van der Waals surface area contributed by atoms with Gasteiger partial charge in [-0.3, -0.25) is 0 Å². The molecule has 1 aromatic carbocycles. The van der Waals surface area contributed by atoms with Crippen LogP contribution in [0.25, 0.3) is 0 Å². The maximum absolute atomic E-state index is 12.4. The van der Waals surface area contributed by atoms with Crippen molar-refractivity contribution in [2.45, 2.75) is 38.0 Å². The second kappa shape index (κ2) is 6.18. The second-order valence-electron chi connectivity index (χ2n) is 5.89. The lowest BCUT2D eigenvalue weighted by molar-refractivity contribution is 0.305. The van der Waals surface area contributed by atoms with Gasteiger partial charge in [0.2, 0.25) is 10.0 Å². The predicted octanol–water partition coefficient (Wildman–Crippen LogP) is 1.81. The molecule has 2 rings (SSSR count). The number of hydrogen-bond donors (Lipinski definition) is 2. The molecule has 0 radical (unpaired) electrons. The molecule has 0 aliphatic heterocycles. The van der Waals surface area contributed by atoms with Crippen molar-refractivity contribution < 1.29 is 13.5 Å². The first-order valence-electron chi connectivity index (χ1n) is 7.06. The second-order valence-corrected chi connectivity index (χ2v) is 7.63. The van der Waals surface area contributed by atoms with E-state index in [9.17, 15) is 8.42 Å². The van der Waals surface area contributed by atoms with Crippen LogP contribution in [0.15, 0.2) is 23.1 Å². The molecule has 21 heavy (non-hydrogen) atoms. The first-order chi connectivity index (χ1) is 9.86. The van der Waals surface area contributed by atoms with Crippen molar-refractivity contribution in [3.8, 4) is 11.8 Å². The Morgan fingerprint density at radius 2 is 2.10 bits per heavy atom. The molecule has 2 N–H and O–H groups in total. The van der Waals surface area contributed by atoms with E-state index in [-0.39, 0.29) is 16.9 Å². The van der Waals surface area contributed by atoms with Gasteiger partial charge in [-0.25, -0.2) is 13.1 Å². The van der Waals surface area contributed by atoms with E-state index in [1.54, 1.807) is 25.1 Å². The third-order valence-corrected chi connectivity index (χ3v) is 5.28. The molecule has 0 aromatic heterocycles. The number of rotatable bonds is 5. The zero-order valence-electron chi connectivity index (χ0n) is 12.4. The number of aryl methyl sites for hydroxylation is 1. The summed E-state index contributed by atoms with van der Waals surface area (Å²) in [5, 5.41) is 8.72. The van der Waals surface area contributed by atoms with E-state index in [4.69, 9.17) is 5.11 Å². The largest absolute Gasteiger partial charge is 0.395 e. The maximum Gasteiger partial charge on any atom is 0.240 e. The molecule has 0 spiro atoms. The molecule has 5 heteroatoms. The topological polar surface area (TPSA) is 66.4 Å². The average molecular weight is 307 g/mol. The number of aliphatic hydroxyl groups excluding tert-OH is 1. The molecule has 0 unspecified atom stereocenters. The van der Waals surface area contributed by atoms with Gasteiger partial charge >= 0.3 is 0 Å². The van der Waals surface area contributed by atoms with Gasteiger partial charge < -0.3 is 5.11 Å². The molecule has 4 nitrogen and oxygen atoms in total. The van der Waals surface area contributed by atoms with Gasteiger partial charge in [-0.05, 0) is 42.9 Å². The van der Waals surface area contributed by atoms with Crippen molar-refractivity contribution in [1.82, 2.24) is 4.72 Å². The average Bonchev–Trinajstić information content (AvgIpc) is 3.17. The monoisotopic (exact) mass is 307 g/mol. The van der Waals surface area contributed by atoms with Crippen LogP contribution < -0.4 is 4.72 Å². The van der Waals surface area contributed by atoms with Gasteiger partial charge in [0, 0.05) is 18.5 Å². The highest BCUT2D eigenvalue weighted by molar-refractivity contribution is 7.89. The smallest absolute Gasteiger partial charge is 0.240 e. The number of hydrogen-bond acceptors (Lipinski definition) is 3. The lowest BCUT2D eigenvalue weighted by atomic mass is 10.1. The van der Waals surface area contributed by atoms with Gasteiger partial charge in [0.1, 0.15) is 0 Å². The van der Waals surface area contributed by atoms with Gasteiger partial charge in [-0.1, -0.05) is 24.8 Å². The Kier molecular flexibility index (Phi) is 4.72. The summed E-state index contributed by atoms with van der Waals surface area (Å²) in [6.07, 6.45) is 2.52. The van der Waals surface area contributed by atoms with Gasteiger partial charge in [-0.2, -0.15) is 0 Å². The minimum absolute atomic E-state index is 0.00412. The van der Waals surface area contributed by atoms with Crippen molar-refractivity contribution in [1.29, 1.82) is 0 Å². The summed E-state index contributed by atoms with van der Waals surface area (Å²) < 4.78 is 27.5. The maximum atomic E-state index is 12.4. The zero-order valence-corrected chi connectivity index (χ0v) is 13.3. The van der Waals surface area contributed by atoms with Gasteiger partial charge in [0.05, 0.1) is 11.5 Å². The third-order valence-electron chi connectivity index (χ3n) is 3.74. The van der Waals surface area contributed by atoms with Crippen LogP contribution in [0.5, 0.6) is 0 Å². The number of sulfonamides is 1. The van der Waals surface area contributed by atoms with Crippen molar-refractivity contribution >= 4 is 10.0 Å². The van der Waals surface area contributed by atoms with E-state index in [0.717, 1.165) is 12.8 Å². The van der Waals surface area contributed by atoms with Crippen molar-refractivity contribution in [3.63, 3.8) is 0 Å². The van der Waals surface area contributed by atoms with Crippen LogP contribution in [-0.2, 0) is 10.0 Å². The summed E-state index contributed by atoms with van der Waals surface area (Å²) in [6, 6.07) is 5.15. The normalized spacial score (nSPS) is 16.1. The number of benzene rings is 1. The lowest BCUT2D eigenvalue weighted by Crippen LogP contribution is -2.29. The van der Waals surface area contributed by atoms with E-state index >= 15 is 0 Å². The Labute approximate surface area is 126 Å². The Bertz CT molecular complexity index is 679. The van der Waals surface area contributed by atoms with E-state index < -0.39 is 10.0 Å². The highest BCUT2D eigenvalue weighted by Crippen LogP contribution is 2.44. The SMILES string of the molecule is Cc1ccc(C#CCCO)cc1S(=O)(=O)NCC1(C)CC1. The molecule has 0 saturated heterocycles. The fourth-order valence-corrected chi connectivity index (χ4v) is 3.39. The Balaban J connectivity index is 2.21. The lowest BCUT2D eigenvalue weighted by Gasteiger charge is -2.12. The van der Waals surface area contributed by atoms with E-state index in [0.29, 0.717) is 24.1 Å². The van der Waals surface area contributed by atoms with Crippen LogP contribution in [-0.4, -0.2) is 26.7 Å². The molecule has 1 fully saturated rings. The Morgan fingerprint density at radius 3 is 2.71 bits per heavy atom. The molecule has 1 aliphatic rings. The summed E-state index contributed by atoms with van der Waals surface area (Å²) >= 11 is 0. The van der Waals surface area contributed by atoms with Crippen molar-refractivity contribution in [2.75, 3.05) is 13.2 Å². The quantitative estimate of drug-likeness (QED) is 0.815. The van der Waals surface area contributed by atoms with Crippen LogP contribution in [0.4, 0.5) is 0 Å². The third kappa shape index (κ3) is 4.31. The highest BCUT2D eigenvalue weighted by atomic mass is 32.2. The Morgan fingerprint density at radius 1 is 1.38 bits per heavy atom. The highest BCUT2D eigenvalue weighted by Gasteiger charge is 2.38. The fourth-order valence-electron chi connectivity index (χ4n) is 1.92. The van der Waals surface area contributed by atoms with Gasteiger partial charge in [-0.15, -0.1) is 0 Å². The van der Waals surface area contributed by atoms with Gasteiger partial charge in [0.25, 0.3) is 0 Å². The van der Waals surface area contributed by atoms with E-state index in [2.05, 4.69) is 23.5 Å². The minimum Gasteiger partial charge on any atom is -0.395 e. The molecule has 1 aromatic rings. The molecule has 0 bridgehead atoms. The molecule has 0 heterocycles. The summed E-state index contributed by atoms with van der Waals surface area (Å²) in [6.45, 7) is 4.34. The van der Waals surface area contributed by atoms with Crippen LogP contribution in [0.3, 0.4) is 0 Å². The summed E-state index contributed by atoms with van der Waals surface area (Å²) in [4.78, 5) is 0.280. The van der Waals surface area contributed by atoms with E-state index in [1.807, 2.05) is 0 Å². The fraction of sp³-hybridized carbons (Fsp3) is 0.500. The van der Waals surface area contributed by atoms with Crippen LogP contribution in [0, 0.1) is 24.2 Å². The molecule has 0 amide bonds. The van der Waals surface area contributed by atoms with Crippen LogP contribution >= 0.6 is 0 Å².